The van der Waals surface area contributed by atoms with Crippen LogP contribution >= 0.6 is 23.4 Å². The molecule has 1 saturated carbocycles. The second kappa shape index (κ2) is 11.0. The second-order valence-electron chi connectivity index (χ2n) is 8.00. The molecule has 6 nitrogen and oxygen atoms in total. The van der Waals surface area contributed by atoms with Gasteiger partial charge >= 0.3 is 0 Å². The number of hydrogen-bond acceptors (Lipinski definition) is 6. The summed E-state index contributed by atoms with van der Waals surface area (Å²) in [5, 5.41) is 11.1. The Morgan fingerprint density at radius 2 is 1.94 bits per heavy atom. The molecule has 0 amide bonds. The maximum atomic E-state index is 10.7. The summed E-state index contributed by atoms with van der Waals surface area (Å²) in [6.45, 7) is 3.06. The van der Waals surface area contributed by atoms with Gasteiger partial charge in [-0.3, -0.25) is 14.8 Å². The smallest absolute Gasteiger partial charge is 0.181 e. The zero-order valence-corrected chi connectivity index (χ0v) is 19.8. The summed E-state index contributed by atoms with van der Waals surface area (Å²) in [6, 6.07) is 13.6. The van der Waals surface area contributed by atoms with Crippen molar-refractivity contribution in [2.24, 2.45) is 0 Å². The summed E-state index contributed by atoms with van der Waals surface area (Å²) >= 11 is 8.11. The second-order valence-corrected chi connectivity index (χ2v) is 9.64. The van der Waals surface area contributed by atoms with Gasteiger partial charge in [-0.25, -0.2) is 4.98 Å². The van der Waals surface area contributed by atoms with E-state index in [9.17, 15) is 4.79 Å². The fourth-order valence-electron chi connectivity index (χ4n) is 3.52. The summed E-state index contributed by atoms with van der Waals surface area (Å²) in [5.74, 6) is 4.82. The van der Waals surface area contributed by atoms with Crippen LogP contribution in [0.3, 0.4) is 0 Å². The number of aromatic amines is 1. The minimum Gasteiger partial charge on any atom is -0.388 e. The van der Waals surface area contributed by atoms with E-state index in [2.05, 4.69) is 25.4 Å². The summed E-state index contributed by atoms with van der Waals surface area (Å²) < 4.78 is 0. The van der Waals surface area contributed by atoms with E-state index in [0.29, 0.717) is 11.5 Å². The quantitative estimate of drug-likeness (QED) is 0.490. The van der Waals surface area contributed by atoms with Crippen molar-refractivity contribution < 1.29 is 4.79 Å². The van der Waals surface area contributed by atoms with Gasteiger partial charge in [0.1, 0.15) is 12.1 Å². The van der Waals surface area contributed by atoms with Gasteiger partial charge in [0.2, 0.25) is 0 Å². The highest BCUT2D eigenvalue weighted by Gasteiger charge is 2.27. The lowest BCUT2D eigenvalue weighted by Crippen LogP contribution is -2.32. The van der Waals surface area contributed by atoms with Crippen molar-refractivity contribution >= 4 is 35.3 Å². The van der Waals surface area contributed by atoms with Crippen LogP contribution in [0.2, 0.25) is 5.02 Å². The van der Waals surface area contributed by atoms with Gasteiger partial charge in [-0.05, 0) is 54.8 Å². The van der Waals surface area contributed by atoms with Crippen molar-refractivity contribution in [1.29, 1.82) is 0 Å². The van der Waals surface area contributed by atoms with Gasteiger partial charge < -0.3 is 5.32 Å². The lowest BCUT2D eigenvalue weighted by Gasteiger charge is -2.26. The van der Waals surface area contributed by atoms with E-state index in [1.165, 1.54) is 24.3 Å². The molecule has 3 aromatic rings. The van der Waals surface area contributed by atoms with Crippen LogP contribution in [0.1, 0.15) is 40.5 Å². The molecule has 0 spiro atoms. The van der Waals surface area contributed by atoms with Crippen LogP contribution in [0, 0.1) is 0 Å². The molecule has 0 unspecified atom stereocenters. The van der Waals surface area contributed by atoms with Crippen LogP contribution in [0.5, 0.6) is 0 Å². The Balaban J connectivity index is 0.000000153. The Labute approximate surface area is 198 Å². The van der Waals surface area contributed by atoms with Crippen LogP contribution in [0.25, 0.3) is 11.4 Å². The van der Waals surface area contributed by atoms with Gasteiger partial charge in [-0.15, -0.1) is 0 Å². The summed E-state index contributed by atoms with van der Waals surface area (Å²) in [6.07, 6.45) is 3.35. The van der Waals surface area contributed by atoms with Gasteiger partial charge in [-0.1, -0.05) is 17.7 Å². The lowest BCUT2D eigenvalue weighted by atomic mass is 10.1. The number of anilines is 1. The molecule has 32 heavy (non-hydrogen) atoms. The molecule has 8 heteroatoms. The van der Waals surface area contributed by atoms with Crippen LogP contribution in [0.15, 0.2) is 42.5 Å². The highest BCUT2D eigenvalue weighted by atomic mass is 35.5. The minimum absolute atomic E-state index is 0.623. The molecular formula is C24H28ClN5OS. The average Bonchev–Trinajstić information content (AvgIpc) is 3.58. The molecule has 1 aromatic heterocycles. The van der Waals surface area contributed by atoms with E-state index in [0.717, 1.165) is 59.4 Å². The van der Waals surface area contributed by atoms with E-state index in [1.54, 1.807) is 12.1 Å². The van der Waals surface area contributed by atoms with Gasteiger partial charge in [0.05, 0.1) is 0 Å². The zero-order chi connectivity index (χ0) is 22.3. The Hall–Kier alpha value is -2.35. The third-order valence-corrected chi connectivity index (χ3v) is 6.91. The highest BCUT2D eigenvalue weighted by Crippen LogP contribution is 2.38. The molecular weight excluding hydrogens is 442 g/mol. The Kier molecular flexibility index (Phi) is 7.84. The third-order valence-electron chi connectivity index (χ3n) is 5.60. The first kappa shape index (κ1) is 22.8. The van der Waals surface area contributed by atoms with Crippen molar-refractivity contribution in [3.05, 3.63) is 64.4 Å². The number of aromatic nitrogens is 3. The standard InChI is InChI=1S/C12H14ClNOS.C12H14N4/c13-12-2-1-10(9-15)7-11(12)8-14-3-5-16-6-4-14;1-13-10-6-4-9(5-7-10)12-14-11(15-16-12)8-2-3-8/h1-2,7,9H,3-6,8H2;4-8,13H,2-3H2,1H3,(H,14,15,16). The maximum Gasteiger partial charge on any atom is 0.181 e. The number of hydrogen-bond donors (Lipinski definition) is 2. The normalized spacial score (nSPS) is 16.2. The van der Waals surface area contributed by atoms with E-state index < -0.39 is 0 Å². The Morgan fingerprint density at radius 1 is 1.19 bits per heavy atom. The van der Waals surface area contributed by atoms with E-state index in [-0.39, 0.29) is 0 Å². The Bertz CT molecular complexity index is 1030. The van der Waals surface area contributed by atoms with Crippen molar-refractivity contribution in [3.63, 3.8) is 0 Å². The predicted octanol–water partition coefficient (Wildman–Crippen LogP) is 5.09. The average molecular weight is 470 g/mol. The minimum atomic E-state index is 0.623. The molecule has 2 aliphatic rings. The molecule has 2 fully saturated rings. The number of carbonyl (C=O) groups is 1. The lowest BCUT2D eigenvalue weighted by molar-refractivity contribution is 0.112. The van der Waals surface area contributed by atoms with E-state index >= 15 is 0 Å². The van der Waals surface area contributed by atoms with E-state index in [1.807, 2.05) is 49.1 Å². The zero-order valence-electron chi connectivity index (χ0n) is 18.2. The molecule has 2 N–H and O–H groups in total. The molecule has 0 bridgehead atoms. The third kappa shape index (κ3) is 6.12. The van der Waals surface area contributed by atoms with Crippen LogP contribution in [0.4, 0.5) is 5.69 Å². The number of H-pyrrole nitrogens is 1. The van der Waals surface area contributed by atoms with Crippen LogP contribution in [-0.2, 0) is 6.54 Å². The van der Waals surface area contributed by atoms with Crippen LogP contribution in [-0.4, -0.2) is 58.0 Å². The van der Waals surface area contributed by atoms with Gasteiger partial charge in [0, 0.05) is 65.9 Å². The molecule has 2 heterocycles. The van der Waals surface area contributed by atoms with Crippen molar-refractivity contribution in [1.82, 2.24) is 20.1 Å². The van der Waals surface area contributed by atoms with Gasteiger partial charge in [0.15, 0.2) is 5.82 Å². The fourth-order valence-corrected chi connectivity index (χ4v) is 4.67. The number of rotatable bonds is 6. The van der Waals surface area contributed by atoms with Gasteiger partial charge in [0.25, 0.3) is 0 Å². The molecule has 1 aliphatic carbocycles. The summed E-state index contributed by atoms with van der Waals surface area (Å²) in [7, 11) is 1.91. The van der Waals surface area contributed by atoms with E-state index in [4.69, 9.17) is 11.6 Å². The first-order valence-electron chi connectivity index (χ1n) is 10.9. The predicted molar refractivity (Wildman–Crippen MR) is 133 cm³/mol. The molecule has 1 aliphatic heterocycles. The first-order chi connectivity index (χ1) is 15.7. The van der Waals surface area contributed by atoms with Gasteiger partial charge in [-0.2, -0.15) is 16.9 Å². The number of carbonyl (C=O) groups excluding carboxylic acids is 1. The topological polar surface area (TPSA) is 73.9 Å². The summed E-state index contributed by atoms with van der Waals surface area (Å²) in [5.41, 5.74) is 3.91. The molecule has 168 valence electrons. The molecule has 5 rings (SSSR count). The summed E-state index contributed by atoms with van der Waals surface area (Å²) in [4.78, 5) is 17.6. The molecule has 1 saturated heterocycles. The maximum absolute atomic E-state index is 10.7. The number of nitrogens with zero attached hydrogens (tertiary/aromatic N) is 3. The number of benzene rings is 2. The number of aldehydes is 1. The Morgan fingerprint density at radius 3 is 2.59 bits per heavy atom. The van der Waals surface area contributed by atoms with Crippen LogP contribution < -0.4 is 5.32 Å². The number of halogens is 1. The monoisotopic (exact) mass is 469 g/mol. The molecule has 0 radical (unpaired) electrons. The van der Waals surface area contributed by atoms with Crippen molar-refractivity contribution in [3.8, 4) is 11.4 Å². The number of thioether (sulfide) groups is 1. The molecule has 2 aromatic carbocycles. The molecule has 0 atom stereocenters. The fraction of sp³-hybridized carbons (Fsp3) is 0.375. The van der Waals surface area contributed by atoms with Crippen molar-refractivity contribution in [2.45, 2.75) is 25.3 Å². The SMILES string of the molecule is CNc1ccc(-c2n[nH]c(C3CC3)n2)cc1.O=Cc1ccc(Cl)c(CN2CCSCC2)c1. The number of nitrogens with one attached hydrogen (secondary N) is 2. The van der Waals surface area contributed by atoms with Crippen molar-refractivity contribution in [2.75, 3.05) is 37.0 Å². The largest absolute Gasteiger partial charge is 0.388 e. The highest BCUT2D eigenvalue weighted by molar-refractivity contribution is 7.99. The first-order valence-corrected chi connectivity index (χ1v) is 12.4.